The van der Waals surface area contributed by atoms with E-state index in [2.05, 4.69) is 11.9 Å². The van der Waals surface area contributed by atoms with E-state index in [9.17, 15) is 9.59 Å². The van der Waals surface area contributed by atoms with Crippen molar-refractivity contribution in [2.45, 2.75) is 18.9 Å². The largest absolute Gasteiger partial charge is 0.490 e. The number of rotatable bonds is 9. The molecule has 0 unspecified atom stereocenters. The summed E-state index contributed by atoms with van der Waals surface area (Å²) in [5.41, 5.74) is 0.906. The average molecular weight is 559 g/mol. The number of benzene rings is 2. The first-order chi connectivity index (χ1) is 18.6. The number of piperazine rings is 1. The van der Waals surface area contributed by atoms with Crippen LogP contribution < -0.4 is 14.4 Å². The van der Waals surface area contributed by atoms with Gasteiger partial charge < -0.3 is 33.8 Å². The van der Waals surface area contributed by atoms with Gasteiger partial charge in [0.05, 0.1) is 19.6 Å². The third kappa shape index (κ3) is 7.77. The third-order valence-corrected chi connectivity index (χ3v) is 7.68. The Bertz CT molecular complexity index is 1150. The zero-order chi connectivity index (χ0) is 28.0. The van der Waals surface area contributed by atoms with Crippen molar-refractivity contribution in [3.63, 3.8) is 0 Å². The molecule has 0 bridgehead atoms. The molecule has 2 aliphatic rings. The van der Waals surface area contributed by atoms with Crippen molar-refractivity contribution in [2.75, 3.05) is 85.1 Å². The zero-order valence-corrected chi connectivity index (χ0v) is 24.1. The van der Waals surface area contributed by atoms with Crippen LogP contribution >= 0.6 is 11.6 Å². The van der Waals surface area contributed by atoms with Gasteiger partial charge in [0, 0.05) is 63.6 Å². The van der Waals surface area contributed by atoms with Gasteiger partial charge in [0.2, 0.25) is 5.91 Å². The number of morpholine rings is 1. The summed E-state index contributed by atoms with van der Waals surface area (Å²) in [5.74, 6) is 1.11. The highest BCUT2D eigenvalue weighted by Gasteiger charge is 2.42. The molecule has 0 aromatic heterocycles. The average Bonchev–Trinajstić information content (AvgIpc) is 2.93. The molecule has 2 aromatic rings. The summed E-state index contributed by atoms with van der Waals surface area (Å²) in [6.45, 7) is 5.90. The highest BCUT2D eigenvalue weighted by molar-refractivity contribution is 6.31. The summed E-state index contributed by atoms with van der Waals surface area (Å²) in [6, 6.07) is 13.0. The topological polar surface area (TPSA) is 74.8 Å². The van der Waals surface area contributed by atoms with Gasteiger partial charge in [0.25, 0.3) is 5.91 Å². The maximum absolute atomic E-state index is 13.4. The molecule has 0 N–H and O–H groups in total. The Morgan fingerprint density at radius 1 is 0.974 bits per heavy atom. The molecule has 2 saturated heterocycles. The molecule has 2 amide bonds. The number of hydrogen-bond donors (Lipinski definition) is 0. The predicted molar refractivity (Wildman–Crippen MR) is 152 cm³/mol. The fraction of sp³-hybridized carbons (Fsp3) is 0.517. The SMILES string of the molecule is Cc1cc(OC[C@]2(CC(=O)N3CCN(C)CC3)CN(C(=O)COc3cccc(N(C)C)c3)CCO2)ccc1Cl. The second-order valence-electron chi connectivity index (χ2n) is 10.6. The van der Waals surface area contributed by atoms with Crippen molar-refractivity contribution >= 4 is 29.1 Å². The molecule has 9 nitrogen and oxygen atoms in total. The Kier molecular flexibility index (Phi) is 9.58. The molecular formula is C29H39ClN4O5. The normalized spacial score (nSPS) is 20.0. The maximum atomic E-state index is 13.4. The quantitative estimate of drug-likeness (QED) is 0.468. The van der Waals surface area contributed by atoms with E-state index in [0.29, 0.717) is 42.8 Å². The minimum Gasteiger partial charge on any atom is -0.490 e. The second-order valence-corrected chi connectivity index (χ2v) is 11.0. The summed E-state index contributed by atoms with van der Waals surface area (Å²) in [7, 11) is 5.96. The molecule has 1 atom stereocenters. The summed E-state index contributed by atoms with van der Waals surface area (Å²) < 4.78 is 18.2. The number of likely N-dealkylation sites (N-methyl/N-ethyl adjacent to an activating group) is 1. The molecule has 2 aromatic carbocycles. The van der Waals surface area contributed by atoms with Crippen molar-refractivity contribution in [3.05, 3.63) is 53.1 Å². The van der Waals surface area contributed by atoms with Crippen LogP contribution in [0.15, 0.2) is 42.5 Å². The van der Waals surface area contributed by atoms with Crippen LogP contribution in [0, 0.1) is 6.92 Å². The standard InChI is InChI=1S/C29H39ClN4O5/c1-22-16-25(8-9-26(22)30)38-21-29(18-27(35)33-12-10-32(4)11-13-33)20-34(14-15-39-29)28(36)19-37-24-7-5-6-23(17-24)31(2)3/h5-9,16-17H,10-15,18-21H2,1-4H3/t29-/m0/s1. The van der Waals surface area contributed by atoms with Crippen LogP contribution in [0.2, 0.25) is 5.02 Å². The summed E-state index contributed by atoms with van der Waals surface area (Å²) >= 11 is 6.18. The summed E-state index contributed by atoms with van der Waals surface area (Å²) in [4.78, 5) is 34.4. The first-order valence-electron chi connectivity index (χ1n) is 13.3. The van der Waals surface area contributed by atoms with Crippen molar-refractivity contribution in [3.8, 4) is 11.5 Å². The van der Waals surface area contributed by atoms with Gasteiger partial charge in [-0.25, -0.2) is 0 Å². The number of ether oxygens (including phenoxy) is 3. The highest BCUT2D eigenvalue weighted by Crippen LogP contribution is 2.28. The van der Waals surface area contributed by atoms with Gasteiger partial charge in [-0.1, -0.05) is 17.7 Å². The van der Waals surface area contributed by atoms with E-state index in [4.69, 9.17) is 25.8 Å². The number of carbonyl (C=O) groups excluding carboxylic acids is 2. The number of hydrogen-bond acceptors (Lipinski definition) is 7. The van der Waals surface area contributed by atoms with Crippen LogP contribution in [0.1, 0.15) is 12.0 Å². The number of carbonyl (C=O) groups is 2. The molecule has 0 saturated carbocycles. The van der Waals surface area contributed by atoms with E-state index in [1.54, 1.807) is 17.0 Å². The Morgan fingerprint density at radius 2 is 1.72 bits per heavy atom. The van der Waals surface area contributed by atoms with E-state index in [0.717, 1.165) is 24.3 Å². The van der Waals surface area contributed by atoms with Crippen LogP contribution in [0.25, 0.3) is 0 Å². The fourth-order valence-corrected chi connectivity index (χ4v) is 4.87. The molecule has 212 valence electrons. The minimum absolute atomic E-state index is 0.00466. The molecule has 0 aliphatic carbocycles. The van der Waals surface area contributed by atoms with Gasteiger partial charge in [0.1, 0.15) is 23.7 Å². The molecular weight excluding hydrogens is 520 g/mol. The lowest BCUT2D eigenvalue weighted by atomic mass is 9.96. The minimum atomic E-state index is -0.979. The predicted octanol–water partition coefficient (Wildman–Crippen LogP) is 2.93. The molecule has 10 heteroatoms. The van der Waals surface area contributed by atoms with Crippen molar-refractivity contribution in [1.82, 2.24) is 14.7 Å². The van der Waals surface area contributed by atoms with Crippen molar-refractivity contribution in [2.24, 2.45) is 0 Å². The van der Waals surface area contributed by atoms with Crippen LogP contribution in [0.4, 0.5) is 5.69 Å². The molecule has 2 aliphatic heterocycles. The fourth-order valence-electron chi connectivity index (χ4n) is 4.76. The van der Waals surface area contributed by atoms with Crippen LogP contribution in [0.5, 0.6) is 11.5 Å². The van der Waals surface area contributed by atoms with Gasteiger partial charge in [-0.15, -0.1) is 0 Å². The number of anilines is 1. The molecule has 4 rings (SSSR count). The Labute approximate surface area is 236 Å². The van der Waals surface area contributed by atoms with Gasteiger partial charge in [0.15, 0.2) is 6.61 Å². The third-order valence-electron chi connectivity index (χ3n) is 7.26. The molecule has 0 radical (unpaired) electrons. The second kappa shape index (κ2) is 12.9. The van der Waals surface area contributed by atoms with Gasteiger partial charge >= 0.3 is 0 Å². The highest BCUT2D eigenvalue weighted by atomic mass is 35.5. The molecule has 0 spiro atoms. The Balaban J connectivity index is 1.45. The van der Waals surface area contributed by atoms with Gasteiger partial charge in [-0.2, -0.15) is 0 Å². The lowest BCUT2D eigenvalue weighted by Crippen LogP contribution is -2.59. The summed E-state index contributed by atoms with van der Waals surface area (Å²) in [5, 5.41) is 0.657. The summed E-state index contributed by atoms with van der Waals surface area (Å²) in [6.07, 6.45) is 0.124. The first kappa shape index (κ1) is 29.0. The van der Waals surface area contributed by atoms with E-state index < -0.39 is 5.60 Å². The van der Waals surface area contributed by atoms with Crippen molar-refractivity contribution < 1.29 is 23.8 Å². The lowest BCUT2D eigenvalue weighted by Gasteiger charge is -2.43. The van der Waals surface area contributed by atoms with Crippen LogP contribution in [-0.2, 0) is 14.3 Å². The van der Waals surface area contributed by atoms with E-state index in [-0.39, 0.29) is 38.0 Å². The lowest BCUT2D eigenvalue weighted by molar-refractivity contribution is -0.167. The number of nitrogens with zero attached hydrogens (tertiary/aromatic N) is 4. The molecule has 39 heavy (non-hydrogen) atoms. The van der Waals surface area contributed by atoms with E-state index >= 15 is 0 Å². The van der Waals surface area contributed by atoms with E-state index in [1.165, 1.54) is 0 Å². The van der Waals surface area contributed by atoms with Crippen LogP contribution in [0.3, 0.4) is 0 Å². The monoisotopic (exact) mass is 558 g/mol. The van der Waals surface area contributed by atoms with Gasteiger partial charge in [-0.05, 0) is 49.9 Å². The van der Waals surface area contributed by atoms with Gasteiger partial charge in [-0.3, -0.25) is 9.59 Å². The first-order valence-corrected chi connectivity index (χ1v) is 13.7. The zero-order valence-electron chi connectivity index (χ0n) is 23.3. The maximum Gasteiger partial charge on any atom is 0.260 e. The smallest absolute Gasteiger partial charge is 0.260 e. The molecule has 2 heterocycles. The van der Waals surface area contributed by atoms with Crippen molar-refractivity contribution in [1.29, 1.82) is 0 Å². The number of aryl methyl sites for hydroxylation is 1. The van der Waals surface area contributed by atoms with E-state index in [1.807, 2.05) is 61.2 Å². The Hall–Kier alpha value is -3.01. The van der Waals surface area contributed by atoms with Crippen LogP contribution in [-0.4, -0.2) is 112 Å². The molecule has 2 fully saturated rings. The number of amides is 2. The number of halogens is 1. The Morgan fingerprint density at radius 3 is 2.44 bits per heavy atom.